The molecule has 1 aliphatic heterocycles. The second-order valence-corrected chi connectivity index (χ2v) is 3.92. The van der Waals surface area contributed by atoms with Gasteiger partial charge in [0.1, 0.15) is 12.9 Å². The molecule has 0 spiro atoms. The molecular weight excluding hydrogens is 264 g/mol. The fourth-order valence-electron chi connectivity index (χ4n) is 1.39. The number of carbonyl (C=O) groups excluding carboxylic acids is 1. The van der Waals surface area contributed by atoms with Crippen LogP contribution in [0.1, 0.15) is 0 Å². The first-order valence-corrected chi connectivity index (χ1v) is 5.45. The molecule has 1 aromatic rings. The number of nitrogens with zero attached hydrogens (tertiary/aromatic N) is 4. The largest absolute Gasteiger partial charge is 0.370 e. The molecule has 1 saturated heterocycles. The Balaban J connectivity index is 1.84. The number of amides is 1. The molecule has 2 rings (SSSR count). The van der Waals surface area contributed by atoms with Crippen molar-refractivity contribution in [2.75, 3.05) is 26.3 Å². The summed E-state index contributed by atoms with van der Waals surface area (Å²) in [5, 5.41) is 4.07. The number of aromatic nitrogens is 3. The Morgan fingerprint density at radius 1 is 1.53 bits per heavy atom. The van der Waals surface area contributed by atoms with Gasteiger partial charge in [-0.25, -0.2) is 4.98 Å². The van der Waals surface area contributed by atoms with Crippen LogP contribution in [-0.2, 0) is 16.1 Å². The number of morpholine rings is 1. The highest BCUT2D eigenvalue weighted by Crippen LogP contribution is 2.01. The van der Waals surface area contributed by atoms with E-state index in [0.717, 1.165) is 0 Å². The Morgan fingerprint density at radius 2 is 2.40 bits per heavy atom. The molecule has 0 atom stereocenters. The highest BCUT2D eigenvalue weighted by molar-refractivity contribution is 9.10. The van der Waals surface area contributed by atoms with Crippen molar-refractivity contribution in [2.45, 2.75) is 6.54 Å². The van der Waals surface area contributed by atoms with Crippen molar-refractivity contribution in [3.63, 3.8) is 0 Å². The Kier molecular flexibility index (Phi) is 3.32. The Labute approximate surface area is 95.3 Å². The van der Waals surface area contributed by atoms with Gasteiger partial charge in [0.05, 0.1) is 13.2 Å². The summed E-state index contributed by atoms with van der Waals surface area (Å²) in [6, 6.07) is 0. The van der Waals surface area contributed by atoms with Gasteiger partial charge >= 0.3 is 0 Å². The Morgan fingerprint density at radius 3 is 3.07 bits per heavy atom. The number of rotatable bonds is 3. The lowest BCUT2D eigenvalue weighted by molar-refractivity contribution is -0.142. The minimum atomic E-state index is 0.0421. The fourth-order valence-corrected chi connectivity index (χ4v) is 1.68. The highest BCUT2D eigenvalue weighted by atomic mass is 79.9. The summed E-state index contributed by atoms with van der Waals surface area (Å²) in [5.74, 6) is 0.0421. The topological polar surface area (TPSA) is 60.2 Å². The summed E-state index contributed by atoms with van der Waals surface area (Å²) >= 11 is 3.17. The van der Waals surface area contributed by atoms with Gasteiger partial charge in [0.25, 0.3) is 0 Å². The molecular formula is C8H11BrN4O2. The SMILES string of the molecule is O=C1COCCN1CCn1cnc(Br)n1. The zero-order valence-electron chi connectivity index (χ0n) is 8.10. The van der Waals surface area contributed by atoms with Crippen LogP contribution in [0.2, 0.25) is 0 Å². The van der Waals surface area contributed by atoms with Gasteiger partial charge in [-0.3, -0.25) is 9.48 Å². The number of carbonyl (C=O) groups is 1. The third kappa shape index (κ3) is 2.75. The first-order valence-electron chi connectivity index (χ1n) is 4.66. The first-order chi connectivity index (χ1) is 7.25. The van der Waals surface area contributed by atoms with Crippen molar-refractivity contribution in [3.05, 3.63) is 11.1 Å². The van der Waals surface area contributed by atoms with E-state index in [2.05, 4.69) is 26.0 Å². The molecule has 1 fully saturated rings. The second-order valence-electron chi connectivity index (χ2n) is 3.21. The average Bonchev–Trinajstić information content (AvgIpc) is 2.63. The van der Waals surface area contributed by atoms with Gasteiger partial charge < -0.3 is 9.64 Å². The Hall–Kier alpha value is -0.950. The number of ether oxygens (including phenoxy) is 1. The van der Waals surface area contributed by atoms with Crippen molar-refractivity contribution >= 4 is 21.8 Å². The van der Waals surface area contributed by atoms with E-state index in [4.69, 9.17) is 4.74 Å². The van der Waals surface area contributed by atoms with Gasteiger partial charge in [0.15, 0.2) is 0 Å². The molecule has 82 valence electrons. The molecule has 1 aromatic heterocycles. The van der Waals surface area contributed by atoms with Crippen LogP contribution in [0.15, 0.2) is 11.1 Å². The van der Waals surface area contributed by atoms with E-state index in [0.29, 0.717) is 31.0 Å². The predicted octanol–water partition coefficient (Wildman–Crippen LogP) is -0.101. The van der Waals surface area contributed by atoms with E-state index in [9.17, 15) is 4.79 Å². The molecule has 15 heavy (non-hydrogen) atoms. The van der Waals surface area contributed by atoms with E-state index in [1.54, 1.807) is 15.9 Å². The zero-order valence-corrected chi connectivity index (χ0v) is 9.68. The smallest absolute Gasteiger partial charge is 0.248 e. The van der Waals surface area contributed by atoms with Crippen molar-refractivity contribution in [2.24, 2.45) is 0 Å². The molecule has 6 nitrogen and oxygen atoms in total. The van der Waals surface area contributed by atoms with Crippen molar-refractivity contribution in [1.82, 2.24) is 19.7 Å². The van der Waals surface area contributed by atoms with Crippen molar-refractivity contribution in [3.8, 4) is 0 Å². The standard InChI is InChI=1S/C8H11BrN4O2/c9-8-10-6-13(11-8)2-1-12-3-4-15-5-7(12)14/h6H,1-5H2. The zero-order chi connectivity index (χ0) is 10.7. The van der Waals surface area contributed by atoms with E-state index >= 15 is 0 Å². The molecule has 1 amide bonds. The molecule has 7 heteroatoms. The van der Waals surface area contributed by atoms with Crippen LogP contribution in [0.5, 0.6) is 0 Å². The van der Waals surface area contributed by atoms with E-state index in [-0.39, 0.29) is 12.5 Å². The average molecular weight is 275 g/mol. The molecule has 0 bridgehead atoms. The monoisotopic (exact) mass is 274 g/mol. The maximum absolute atomic E-state index is 11.4. The molecule has 0 aromatic carbocycles. The molecule has 1 aliphatic rings. The van der Waals surface area contributed by atoms with Gasteiger partial charge in [-0.1, -0.05) is 0 Å². The van der Waals surface area contributed by atoms with Crippen LogP contribution < -0.4 is 0 Å². The quantitative estimate of drug-likeness (QED) is 0.773. The van der Waals surface area contributed by atoms with Gasteiger partial charge in [-0.2, -0.15) is 0 Å². The molecule has 0 N–H and O–H groups in total. The van der Waals surface area contributed by atoms with E-state index in [1.165, 1.54) is 0 Å². The van der Waals surface area contributed by atoms with Crippen molar-refractivity contribution in [1.29, 1.82) is 0 Å². The van der Waals surface area contributed by atoms with Gasteiger partial charge in [-0.15, -0.1) is 5.10 Å². The second kappa shape index (κ2) is 4.71. The third-order valence-electron chi connectivity index (χ3n) is 2.19. The number of hydrogen-bond donors (Lipinski definition) is 0. The lowest BCUT2D eigenvalue weighted by Crippen LogP contribution is -2.43. The highest BCUT2D eigenvalue weighted by Gasteiger charge is 2.17. The van der Waals surface area contributed by atoms with Crippen LogP contribution in [0.4, 0.5) is 0 Å². The summed E-state index contributed by atoms with van der Waals surface area (Å²) in [6.07, 6.45) is 1.63. The molecule has 0 radical (unpaired) electrons. The molecule has 0 saturated carbocycles. The minimum Gasteiger partial charge on any atom is -0.370 e. The van der Waals surface area contributed by atoms with E-state index in [1.807, 2.05) is 0 Å². The van der Waals surface area contributed by atoms with Crippen molar-refractivity contribution < 1.29 is 9.53 Å². The normalized spacial score (nSPS) is 17.1. The Bertz CT molecular complexity index is 354. The summed E-state index contributed by atoms with van der Waals surface area (Å²) in [4.78, 5) is 17.1. The van der Waals surface area contributed by atoms with E-state index < -0.39 is 0 Å². The van der Waals surface area contributed by atoms with Gasteiger partial charge in [-0.05, 0) is 15.9 Å². The summed E-state index contributed by atoms with van der Waals surface area (Å²) in [7, 11) is 0. The van der Waals surface area contributed by atoms with Crippen LogP contribution in [-0.4, -0.2) is 51.9 Å². The maximum Gasteiger partial charge on any atom is 0.248 e. The van der Waals surface area contributed by atoms with Crippen LogP contribution >= 0.6 is 15.9 Å². The summed E-state index contributed by atoms with van der Waals surface area (Å²) in [6.45, 7) is 2.78. The number of halogens is 1. The predicted molar refractivity (Wildman–Crippen MR) is 55.1 cm³/mol. The van der Waals surface area contributed by atoms with Gasteiger partial charge in [0, 0.05) is 13.1 Å². The van der Waals surface area contributed by atoms with Crippen LogP contribution in [0.3, 0.4) is 0 Å². The minimum absolute atomic E-state index is 0.0421. The van der Waals surface area contributed by atoms with Crippen LogP contribution in [0, 0.1) is 0 Å². The maximum atomic E-state index is 11.4. The lowest BCUT2D eigenvalue weighted by atomic mass is 10.4. The van der Waals surface area contributed by atoms with Gasteiger partial charge in [0.2, 0.25) is 10.6 Å². The molecule has 0 aliphatic carbocycles. The third-order valence-corrected chi connectivity index (χ3v) is 2.55. The fraction of sp³-hybridized carbons (Fsp3) is 0.625. The summed E-state index contributed by atoms with van der Waals surface area (Å²) in [5.41, 5.74) is 0. The lowest BCUT2D eigenvalue weighted by Gasteiger charge is -2.26. The molecule has 2 heterocycles. The molecule has 0 unspecified atom stereocenters. The van der Waals surface area contributed by atoms with Crippen LogP contribution in [0.25, 0.3) is 0 Å². The summed E-state index contributed by atoms with van der Waals surface area (Å²) < 4.78 is 7.30. The number of hydrogen-bond acceptors (Lipinski definition) is 4. The first kappa shape index (κ1) is 10.6.